The fourth-order valence-corrected chi connectivity index (χ4v) is 2.18. The number of pyridine rings is 1. The maximum Gasteiger partial charge on any atom is 0.335 e. The van der Waals surface area contributed by atoms with Gasteiger partial charge in [0.15, 0.2) is 0 Å². The van der Waals surface area contributed by atoms with Crippen molar-refractivity contribution in [1.82, 2.24) is 4.98 Å². The second-order valence-electron chi connectivity index (χ2n) is 3.45. The van der Waals surface area contributed by atoms with E-state index in [4.69, 9.17) is 39.9 Å². The number of hydrogen-bond acceptors (Lipinski definition) is 2. The number of aromatic carboxylic acids is 1. The Bertz CT molecular complexity index is 629. The van der Waals surface area contributed by atoms with E-state index in [0.29, 0.717) is 21.3 Å². The topological polar surface area (TPSA) is 50.2 Å². The van der Waals surface area contributed by atoms with E-state index < -0.39 is 5.97 Å². The summed E-state index contributed by atoms with van der Waals surface area (Å²) in [5.74, 6) is -1.05. The first kappa shape index (κ1) is 13.1. The van der Waals surface area contributed by atoms with E-state index in [-0.39, 0.29) is 10.6 Å². The van der Waals surface area contributed by atoms with Crippen LogP contribution in [0.25, 0.3) is 11.3 Å². The Hall–Kier alpha value is -1.29. The number of benzene rings is 1. The van der Waals surface area contributed by atoms with E-state index in [1.54, 1.807) is 12.1 Å². The molecule has 0 spiro atoms. The molecule has 1 aromatic carbocycles. The molecule has 18 heavy (non-hydrogen) atoms. The van der Waals surface area contributed by atoms with Crippen LogP contribution in [0.1, 0.15) is 10.4 Å². The summed E-state index contributed by atoms with van der Waals surface area (Å²) in [5, 5.41) is 9.87. The summed E-state index contributed by atoms with van der Waals surface area (Å²) >= 11 is 18.0. The van der Waals surface area contributed by atoms with Gasteiger partial charge in [-0.3, -0.25) is 4.98 Å². The van der Waals surface area contributed by atoms with E-state index in [9.17, 15) is 4.79 Å². The third-order valence-corrected chi connectivity index (χ3v) is 3.43. The average molecular weight is 303 g/mol. The summed E-state index contributed by atoms with van der Waals surface area (Å²) in [6, 6.07) is 5.93. The zero-order valence-corrected chi connectivity index (χ0v) is 11.1. The summed E-state index contributed by atoms with van der Waals surface area (Å²) in [7, 11) is 0. The second kappa shape index (κ2) is 5.14. The molecule has 0 aliphatic heterocycles. The highest BCUT2D eigenvalue weighted by molar-refractivity contribution is 6.46. The summed E-state index contributed by atoms with van der Waals surface area (Å²) in [5.41, 5.74) is 0.897. The molecule has 2 aromatic rings. The molecule has 92 valence electrons. The van der Waals surface area contributed by atoms with Crippen LogP contribution < -0.4 is 0 Å². The largest absolute Gasteiger partial charge is 0.478 e. The smallest absolute Gasteiger partial charge is 0.335 e. The first-order valence-electron chi connectivity index (χ1n) is 4.84. The molecular weight excluding hydrogens is 296 g/mol. The van der Waals surface area contributed by atoms with Crippen molar-refractivity contribution in [2.45, 2.75) is 0 Å². The van der Waals surface area contributed by atoms with Gasteiger partial charge in [0.1, 0.15) is 0 Å². The summed E-state index contributed by atoms with van der Waals surface area (Å²) in [6.45, 7) is 0. The van der Waals surface area contributed by atoms with Crippen LogP contribution in [0.2, 0.25) is 15.1 Å². The minimum Gasteiger partial charge on any atom is -0.478 e. The maximum atomic E-state index is 10.9. The Morgan fingerprint density at radius 2 is 1.78 bits per heavy atom. The van der Waals surface area contributed by atoms with Gasteiger partial charge in [0.05, 0.1) is 26.3 Å². The van der Waals surface area contributed by atoms with Crippen molar-refractivity contribution in [3.63, 3.8) is 0 Å². The number of carboxylic acid groups (broad SMARTS) is 1. The predicted octanol–water partition coefficient (Wildman–Crippen LogP) is 4.41. The molecule has 1 aromatic heterocycles. The lowest BCUT2D eigenvalue weighted by molar-refractivity contribution is 0.0697. The standard InChI is InChI=1S/C12H6Cl3NO2/c13-7-1-2-8(14)11(15)10(7)9-5-6(12(17)18)3-4-16-9/h1-5H,(H,17,18). The first-order chi connectivity index (χ1) is 8.50. The zero-order valence-electron chi connectivity index (χ0n) is 8.82. The monoisotopic (exact) mass is 301 g/mol. The Kier molecular flexibility index (Phi) is 3.76. The summed E-state index contributed by atoms with van der Waals surface area (Å²) in [6.07, 6.45) is 1.38. The van der Waals surface area contributed by atoms with Crippen LogP contribution in [0.15, 0.2) is 30.5 Å². The van der Waals surface area contributed by atoms with Crippen molar-refractivity contribution in [1.29, 1.82) is 0 Å². The van der Waals surface area contributed by atoms with Gasteiger partial charge in [-0.2, -0.15) is 0 Å². The Labute approximate surface area is 118 Å². The molecule has 1 heterocycles. The van der Waals surface area contributed by atoms with Gasteiger partial charge in [-0.05, 0) is 24.3 Å². The van der Waals surface area contributed by atoms with E-state index in [0.717, 1.165) is 0 Å². The van der Waals surface area contributed by atoms with Crippen LogP contribution in [-0.2, 0) is 0 Å². The highest BCUT2D eigenvalue weighted by Crippen LogP contribution is 2.38. The van der Waals surface area contributed by atoms with E-state index in [2.05, 4.69) is 4.98 Å². The van der Waals surface area contributed by atoms with Crippen LogP contribution in [0, 0.1) is 0 Å². The number of carboxylic acids is 1. The fourth-order valence-electron chi connectivity index (χ4n) is 1.46. The first-order valence-corrected chi connectivity index (χ1v) is 5.97. The van der Waals surface area contributed by atoms with Crippen LogP contribution in [0.5, 0.6) is 0 Å². The van der Waals surface area contributed by atoms with Crippen molar-refractivity contribution in [2.75, 3.05) is 0 Å². The number of rotatable bonds is 2. The highest BCUT2D eigenvalue weighted by Gasteiger charge is 2.14. The zero-order chi connectivity index (χ0) is 13.3. The molecule has 0 aliphatic carbocycles. The van der Waals surface area contributed by atoms with Gasteiger partial charge in [0, 0.05) is 11.8 Å². The van der Waals surface area contributed by atoms with Crippen molar-refractivity contribution >= 4 is 40.8 Å². The van der Waals surface area contributed by atoms with E-state index in [1.807, 2.05) is 0 Å². The molecule has 0 saturated carbocycles. The lowest BCUT2D eigenvalue weighted by Gasteiger charge is -2.08. The van der Waals surface area contributed by atoms with Crippen LogP contribution in [0.4, 0.5) is 0 Å². The lowest BCUT2D eigenvalue weighted by atomic mass is 10.1. The molecule has 0 saturated heterocycles. The fraction of sp³-hybridized carbons (Fsp3) is 0. The number of carbonyl (C=O) groups is 1. The van der Waals surface area contributed by atoms with Crippen molar-refractivity contribution < 1.29 is 9.90 Å². The summed E-state index contributed by atoms with van der Waals surface area (Å²) in [4.78, 5) is 15.0. The van der Waals surface area contributed by atoms with E-state index in [1.165, 1.54) is 18.3 Å². The molecule has 6 heteroatoms. The summed E-state index contributed by atoms with van der Waals surface area (Å²) < 4.78 is 0. The molecule has 3 nitrogen and oxygen atoms in total. The van der Waals surface area contributed by atoms with E-state index >= 15 is 0 Å². The minimum atomic E-state index is -1.05. The lowest BCUT2D eigenvalue weighted by Crippen LogP contribution is -1.97. The van der Waals surface area contributed by atoms with Crippen molar-refractivity contribution in [3.05, 3.63) is 51.1 Å². The van der Waals surface area contributed by atoms with Gasteiger partial charge >= 0.3 is 5.97 Å². The molecular formula is C12H6Cl3NO2. The molecule has 0 aliphatic rings. The third-order valence-electron chi connectivity index (χ3n) is 2.31. The van der Waals surface area contributed by atoms with Gasteiger partial charge in [0.25, 0.3) is 0 Å². The number of aromatic nitrogens is 1. The van der Waals surface area contributed by atoms with Crippen LogP contribution >= 0.6 is 34.8 Å². The third kappa shape index (κ3) is 2.43. The second-order valence-corrected chi connectivity index (χ2v) is 4.65. The van der Waals surface area contributed by atoms with Gasteiger partial charge in [-0.1, -0.05) is 34.8 Å². The Morgan fingerprint density at radius 3 is 2.44 bits per heavy atom. The minimum absolute atomic E-state index is 0.104. The molecule has 0 amide bonds. The highest BCUT2D eigenvalue weighted by atomic mass is 35.5. The van der Waals surface area contributed by atoms with Gasteiger partial charge < -0.3 is 5.11 Å². The number of nitrogens with zero attached hydrogens (tertiary/aromatic N) is 1. The number of halogens is 3. The SMILES string of the molecule is O=C(O)c1ccnc(-c2c(Cl)ccc(Cl)c2Cl)c1. The number of hydrogen-bond donors (Lipinski definition) is 1. The normalized spacial score (nSPS) is 10.4. The average Bonchev–Trinajstić information content (AvgIpc) is 2.35. The maximum absolute atomic E-state index is 10.9. The molecule has 0 fully saturated rings. The molecule has 0 unspecified atom stereocenters. The predicted molar refractivity (Wildman–Crippen MR) is 71.7 cm³/mol. The molecule has 0 atom stereocenters. The Balaban J connectivity index is 2.65. The van der Waals surface area contributed by atoms with Crippen LogP contribution in [-0.4, -0.2) is 16.1 Å². The molecule has 0 radical (unpaired) electrons. The Morgan fingerprint density at radius 1 is 1.11 bits per heavy atom. The van der Waals surface area contributed by atoms with Crippen LogP contribution in [0.3, 0.4) is 0 Å². The van der Waals surface area contributed by atoms with Gasteiger partial charge in [0.2, 0.25) is 0 Å². The quantitative estimate of drug-likeness (QED) is 0.836. The van der Waals surface area contributed by atoms with Crippen molar-refractivity contribution in [3.8, 4) is 11.3 Å². The molecule has 2 rings (SSSR count). The van der Waals surface area contributed by atoms with Crippen molar-refractivity contribution in [2.24, 2.45) is 0 Å². The molecule has 1 N–H and O–H groups in total. The van der Waals surface area contributed by atoms with Gasteiger partial charge in [-0.15, -0.1) is 0 Å². The van der Waals surface area contributed by atoms with Gasteiger partial charge in [-0.25, -0.2) is 4.79 Å². The molecule has 0 bridgehead atoms.